The van der Waals surface area contributed by atoms with Gasteiger partial charge < -0.3 is 29.4 Å². The number of rotatable bonds is 6. The largest absolute Gasteiger partial charge is 0.493 e. The van der Waals surface area contributed by atoms with E-state index in [4.69, 9.17) is 13.9 Å². The molecule has 0 bridgehead atoms. The van der Waals surface area contributed by atoms with Crippen molar-refractivity contribution in [2.75, 3.05) is 55.5 Å². The van der Waals surface area contributed by atoms with E-state index in [1.807, 2.05) is 6.07 Å². The number of furan rings is 1. The van der Waals surface area contributed by atoms with E-state index in [0.29, 0.717) is 35.2 Å². The molecule has 10 nitrogen and oxygen atoms in total. The van der Waals surface area contributed by atoms with Crippen molar-refractivity contribution in [3.8, 4) is 11.5 Å². The molecule has 2 N–H and O–H groups in total. The number of carbonyl (C=O) groups is 2. The molecule has 0 atom stereocenters. The molecular weight excluding hydrogens is 450 g/mol. The highest BCUT2D eigenvalue weighted by molar-refractivity contribution is 6.10. The molecule has 0 unspecified atom stereocenters. The van der Waals surface area contributed by atoms with Crippen LogP contribution in [0.1, 0.15) is 32.9 Å². The maximum Gasteiger partial charge on any atom is 0.291 e. The Morgan fingerprint density at radius 2 is 1.94 bits per heavy atom. The van der Waals surface area contributed by atoms with Gasteiger partial charge in [0.1, 0.15) is 0 Å². The van der Waals surface area contributed by atoms with E-state index in [0.717, 1.165) is 43.9 Å². The van der Waals surface area contributed by atoms with Gasteiger partial charge in [-0.3, -0.25) is 19.5 Å². The monoisotopic (exact) mass is 477 g/mol. The Balaban J connectivity index is 1.33. The predicted molar refractivity (Wildman–Crippen MR) is 131 cm³/mol. The topological polar surface area (TPSA) is 109 Å². The summed E-state index contributed by atoms with van der Waals surface area (Å²) in [4.78, 5) is 33.9. The first-order valence-corrected chi connectivity index (χ1v) is 11.5. The number of hydrogen-bond donors (Lipinski definition) is 2. The number of methoxy groups -OCH3 is 2. The van der Waals surface area contributed by atoms with Crippen LogP contribution in [0.5, 0.6) is 11.5 Å². The van der Waals surface area contributed by atoms with Crippen LogP contribution in [0.2, 0.25) is 0 Å². The SMILES string of the molecule is COc1cc2c(cc1OC)C(=O)N(c1ccc(C(=O)Nc3cnccc3N3CCCNCC3)o1)C2. The maximum absolute atomic E-state index is 13.0. The third-order valence-corrected chi connectivity index (χ3v) is 6.22. The Bertz CT molecular complexity index is 1250. The molecular formula is C25H27N5O5. The smallest absolute Gasteiger partial charge is 0.291 e. The summed E-state index contributed by atoms with van der Waals surface area (Å²) in [5.74, 6) is 0.782. The quantitative estimate of drug-likeness (QED) is 0.558. The van der Waals surface area contributed by atoms with Gasteiger partial charge in [0.15, 0.2) is 17.3 Å². The predicted octanol–water partition coefficient (Wildman–Crippen LogP) is 2.90. The van der Waals surface area contributed by atoms with E-state index in [2.05, 4.69) is 20.5 Å². The second-order valence-electron chi connectivity index (χ2n) is 8.33. The molecule has 2 aromatic heterocycles. The lowest BCUT2D eigenvalue weighted by Crippen LogP contribution is -2.29. The third-order valence-electron chi connectivity index (χ3n) is 6.22. The number of nitrogens with one attached hydrogen (secondary N) is 2. The Morgan fingerprint density at radius 3 is 2.77 bits per heavy atom. The van der Waals surface area contributed by atoms with Crippen molar-refractivity contribution in [3.05, 3.63) is 59.6 Å². The molecule has 2 aliphatic heterocycles. The van der Waals surface area contributed by atoms with Gasteiger partial charge >= 0.3 is 0 Å². The number of nitrogens with zero attached hydrogens (tertiary/aromatic N) is 3. The van der Waals surface area contributed by atoms with Crippen LogP contribution in [0, 0.1) is 0 Å². The molecule has 5 rings (SSSR count). The van der Waals surface area contributed by atoms with Gasteiger partial charge in [-0.25, -0.2) is 0 Å². The van der Waals surface area contributed by atoms with Gasteiger partial charge in [0.05, 0.1) is 38.3 Å². The van der Waals surface area contributed by atoms with Gasteiger partial charge in [-0.1, -0.05) is 0 Å². The fourth-order valence-corrected chi connectivity index (χ4v) is 4.44. The maximum atomic E-state index is 13.0. The first-order chi connectivity index (χ1) is 17.1. The Morgan fingerprint density at radius 1 is 1.11 bits per heavy atom. The number of fused-ring (bicyclic) bond motifs is 1. The fraction of sp³-hybridized carbons (Fsp3) is 0.320. The highest BCUT2D eigenvalue weighted by Crippen LogP contribution is 2.37. The van der Waals surface area contributed by atoms with Crippen LogP contribution in [0.25, 0.3) is 0 Å². The molecule has 182 valence electrons. The first kappa shape index (κ1) is 22.7. The molecule has 1 aromatic carbocycles. The van der Waals surface area contributed by atoms with Gasteiger partial charge in [-0.05, 0) is 42.8 Å². The van der Waals surface area contributed by atoms with Crippen LogP contribution in [-0.4, -0.2) is 57.2 Å². The van der Waals surface area contributed by atoms with Gasteiger partial charge in [-0.2, -0.15) is 0 Å². The summed E-state index contributed by atoms with van der Waals surface area (Å²) in [6.07, 6.45) is 4.37. The molecule has 4 heterocycles. The van der Waals surface area contributed by atoms with Gasteiger partial charge in [0.2, 0.25) is 5.88 Å². The normalized spacial score (nSPS) is 15.5. The number of hydrogen-bond acceptors (Lipinski definition) is 8. The zero-order chi connectivity index (χ0) is 24.4. The molecule has 10 heteroatoms. The molecule has 1 saturated heterocycles. The second kappa shape index (κ2) is 9.67. The zero-order valence-electron chi connectivity index (χ0n) is 19.7. The number of carbonyl (C=O) groups excluding carboxylic acids is 2. The fourth-order valence-electron chi connectivity index (χ4n) is 4.44. The van der Waals surface area contributed by atoms with Crippen molar-refractivity contribution >= 4 is 29.1 Å². The van der Waals surface area contributed by atoms with E-state index in [1.54, 1.807) is 43.8 Å². The molecule has 1 fully saturated rings. The highest BCUT2D eigenvalue weighted by atomic mass is 16.5. The molecule has 0 aliphatic carbocycles. The standard InChI is InChI=1S/C25H27N5O5/c1-33-21-12-16-15-30(25(32)17(16)13-22(21)34-2)23-5-4-20(35-23)24(31)28-18-14-27-8-6-19(18)29-10-3-7-26-9-11-29/h4-6,8,12-14,26H,3,7,9-11,15H2,1-2H3,(H,28,31). The van der Waals surface area contributed by atoms with E-state index >= 15 is 0 Å². The van der Waals surface area contributed by atoms with Crippen LogP contribution < -0.4 is 29.9 Å². The summed E-state index contributed by atoms with van der Waals surface area (Å²) in [6, 6.07) is 8.53. The average molecular weight is 478 g/mol. The van der Waals surface area contributed by atoms with Crippen molar-refractivity contribution in [1.82, 2.24) is 10.3 Å². The number of benzene rings is 1. The summed E-state index contributed by atoms with van der Waals surface area (Å²) >= 11 is 0. The van der Waals surface area contributed by atoms with Crippen molar-refractivity contribution < 1.29 is 23.5 Å². The van der Waals surface area contributed by atoms with Crippen LogP contribution in [0.3, 0.4) is 0 Å². The number of ether oxygens (including phenoxy) is 2. The zero-order valence-corrected chi connectivity index (χ0v) is 19.7. The lowest BCUT2D eigenvalue weighted by Gasteiger charge is -2.24. The van der Waals surface area contributed by atoms with Crippen LogP contribution >= 0.6 is 0 Å². The van der Waals surface area contributed by atoms with Crippen molar-refractivity contribution in [2.24, 2.45) is 0 Å². The summed E-state index contributed by atoms with van der Waals surface area (Å²) in [6.45, 7) is 3.88. The molecule has 2 aliphatic rings. The Hall–Kier alpha value is -4.05. The van der Waals surface area contributed by atoms with Crippen LogP contribution in [0.15, 0.2) is 47.1 Å². The number of anilines is 3. The van der Waals surface area contributed by atoms with Gasteiger partial charge in [0, 0.05) is 37.5 Å². The summed E-state index contributed by atoms with van der Waals surface area (Å²) in [7, 11) is 3.07. The second-order valence-corrected chi connectivity index (χ2v) is 8.33. The van der Waals surface area contributed by atoms with Crippen molar-refractivity contribution in [1.29, 1.82) is 0 Å². The molecule has 0 spiro atoms. The lowest BCUT2D eigenvalue weighted by molar-refractivity contribution is 0.0975. The lowest BCUT2D eigenvalue weighted by atomic mass is 10.1. The molecule has 2 amide bonds. The van der Waals surface area contributed by atoms with E-state index < -0.39 is 5.91 Å². The molecule has 0 saturated carbocycles. The van der Waals surface area contributed by atoms with Crippen LogP contribution in [0.4, 0.5) is 17.3 Å². The minimum Gasteiger partial charge on any atom is -0.493 e. The van der Waals surface area contributed by atoms with E-state index in [-0.39, 0.29) is 11.7 Å². The minimum atomic E-state index is -0.411. The third kappa shape index (κ3) is 4.40. The molecule has 3 aromatic rings. The minimum absolute atomic E-state index is 0.103. The molecule has 0 radical (unpaired) electrons. The number of pyridine rings is 1. The average Bonchev–Trinajstić information content (AvgIpc) is 3.38. The summed E-state index contributed by atoms with van der Waals surface area (Å²) < 4.78 is 16.5. The van der Waals surface area contributed by atoms with Crippen molar-refractivity contribution in [2.45, 2.75) is 13.0 Å². The van der Waals surface area contributed by atoms with E-state index in [1.165, 1.54) is 12.0 Å². The van der Waals surface area contributed by atoms with Crippen molar-refractivity contribution in [3.63, 3.8) is 0 Å². The number of amides is 2. The van der Waals surface area contributed by atoms with Gasteiger partial charge in [-0.15, -0.1) is 0 Å². The van der Waals surface area contributed by atoms with E-state index in [9.17, 15) is 9.59 Å². The first-order valence-electron chi connectivity index (χ1n) is 11.5. The highest BCUT2D eigenvalue weighted by Gasteiger charge is 2.32. The number of aromatic nitrogens is 1. The Labute approximate surface area is 202 Å². The van der Waals surface area contributed by atoms with Crippen LogP contribution in [-0.2, 0) is 6.54 Å². The molecule has 35 heavy (non-hydrogen) atoms. The van der Waals surface area contributed by atoms with Gasteiger partial charge in [0.25, 0.3) is 11.8 Å². The summed E-state index contributed by atoms with van der Waals surface area (Å²) in [5.41, 5.74) is 2.83. The Kier molecular flexibility index (Phi) is 6.28. The summed E-state index contributed by atoms with van der Waals surface area (Å²) in [5, 5.41) is 6.29.